The summed E-state index contributed by atoms with van der Waals surface area (Å²) in [5.74, 6) is 0.577. The summed E-state index contributed by atoms with van der Waals surface area (Å²) >= 11 is 0. The molecule has 1 heterocycles. The Morgan fingerprint density at radius 1 is 1.38 bits per heavy atom. The number of carbonyl (C=O) groups is 1. The number of nitrogens with one attached hydrogen (secondary N) is 2. The molecule has 0 radical (unpaired) electrons. The first-order chi connectivity index (χ1) is 10.1. The van der Waals surface area contributed by atoms with Crippen LogP contribution in [-0.2, 0) is 9.53 Å². The van der Waals surface area contributed by atoms with Gasteiger partial charge in [-0.3, -0.25) is 4.79 Å². The molecular formula is C15H23N2O4+. The first-order valence-corrected chi connectivity index (χ1v) is 7.23. The smallest absolute Gasteiger partial charge is 0.221 e. The maximum atomic E-state index is 10.9. The highest BCUT2D eigenvalue weighted by atomic mass is 16.5. The van der Waals surface area contributed by atoms with Gasteiger partial charge in [-0.1, -0.05) is 0 Å². The second-order valence-corrected chi connectivity index (χ2v) is 5.24. The molecule has 6 nitrogen and oxygen atoms in total. The number of rotatable bonds is 6. The molecule has 1 saturated heterocycles. The van der Waals surface area contributed by atoms with Crippen molar-refractivity contribution in [2.45, 2.75) is 13.0 Å². The number of hydrogen-bond acceptors (Lipinski definition) is 4. The van der Waals surface area contributed by atoms with Gasteiger partial charge < -0.3 is 24.8 Å². The predicted octanol–water partition coefficient (Wildman–Crippen LogP) is -0.700. The average molecular weight is 295 g/mol. The highest BCUT2D eigenvalue weighted by Gasteiger charge is 2.18. The van der Waals surface area contributed by atoms with Gasteiger partial charge in [0.2, 0.25) is 5.91 Å². The van der Waals surface area contributed by atoms with E-state index in [2.05, 4.69) is 5.32 Å². The fourth-order valence-electron chi connectivity index (χ4n) is 2.29. The van der Waals surface area contributed by atoms with E-state index in [0.29, 0.717) is 12.3 Å². The van der Waals surface area contributed by atoms with Gasteiger partial charge in [0.05, 0.1) is 13.2 Å². The van der Waals surface area contributed by atoms with E-state index in [-0.39, 0.29) is 12.5 Å². The second kappa shape index (κ2) is 7.97. The summed E-state index contributed by atoms with van der Waals surface area (Å²) in [6.07, 6.45) is -0.492. The molecule has 1 aromatic carbocycles. The Bertz CT molecular complexity index is 443. The maximum Gasteiger partial charge on any atom is 0.221 e. The molecule has 2 rings (SSSR count). The summed E-state index contributed by atoms with van der Waals surface area (Å²) < 4.78 is 10.8. The monoisotopic (exact) mass is 295 g/mol. The van der Waals surface area contributed by atoms with Gasteiger partial charge >= 0.3 is 0 Å². The van der Waals surface area contributed by atoms with E-state index in [1.807, 2.05) is 0 Å². The Kier molecular flexibility index (Phi) is 5.98. The van der Waals surface area contributed by atoms with Crippen molar-refractivity contribution in [2.75, 3.05) is 44.8 Å². The van der Waals surface area contributed by atoms with E-state index in [1.54, 1.807) is 24.3 Å². The molecule has 1 atom stereocenters. The first kappa shape index (κ1) is 15.8. The lowest BCUT2D eigenvalue weighted by molar-refractivity contribution is -0.911. The Labute approximate surface area is 124 Å². The van der Waals surface area contributed by atoms with E-state index in [4.69, 9.17) is 9.47 Å². The summed E-state index contributed by atoms with van der Waals surface area (Å²) in [7, 11) is 0. The van der Waals surface area contributed by atoms with E-state index < -0.39 is 6.10 Å². The zero-order valence-corrected chi connectivity index (χ0v) is 12.3. The largest absolute Gasteiger partial charge is 0.491 e. The summed E-state index contributed by atoms with van der Waals surface area (Å²) in [6, 6.07) is 7.10. The third-order valence-electron chi connectivity index (χ3n) is 3.34. The lowest BCUT2D eigenvalue weighted by atomic mass is 10.3. The molecule has 1 fully saturated rings. The number of hydrogen-bond donors (Lipinski definition) is 3. The Morgan fingerprint density at radius 2 is 2.05 bits per heavy atom. The van der Waals surface area contributed by atoms with Gasteiger partial charge in [-0.15, -0.1) is 0 Å². The molecule has 116 valence electrons. The molecule has 0 spiro atoms. The molecule has 21 heavy (non-hydrogen) atoms. The molecule has 0 aliphatic carbocycles. The van der Waals surface area contributed by atoms with Crippen molar-refractivity contribution in [1.82, 2.24) is 0 Å². The highest BCUT2D eigenvalue weighted by Crippen LogP contribution is 2.15. The van der Waals surface area contributed by atoms with Crippen LogP contribution in [0.3, 0.4) is 0 Å². The number of aliphatic hydroxyl groups is 1. The van der Waals surface area contributed by atoms with Gasteiger partial charge in [-0.2, -0.15) is 0 Å². The number of morpholine rings is 1. The van der Waals surface area contributed by atoms with Crippen LogP contribution in [0.15, 0.2) is 24.3 Å². The topological polar surface area (TPSA) is 72.2 Å². The van der Waals surface area contributed by atoms with E-state index in [1.165, 1.54) is 11.8 Å². The zero-order chi connectivity index (χ0) is 15.1. The minimum atomic E-state index is -0.492. The Morgan fingerprint density at radius 3 is 2.67 bits per heavy atom. The van der Waals surface area contributed by atoms with Crippen LogP contribution in [-0.4, -0.2) is 56.6 Å². The highest BCUT2D eigenvalue weighted by molar-refractivity contribution is 5.88. The Balaban J connectivity index is 1.72. The zero-order valence-electron chi connectivity index (χ0n) is 12.3. The van der Waals surface area contributed by atoms with Crippen molar-refractivity contribution in [3.8, 4) is 5.75 Å². The van der Waals surface area contributed by atoms with Gasteiger partial charge in [0, 0.05) is 12.6 Å². The van der Waals surface area contributed by atoms with Crippen molar-refractivity contribution in [3.05, 3.63) is 24.3 Å². The Hall–Kier alpha value is -1.63. The van der Waals surface area contributed by atoms with Crippen LogP contribution in [0.2, 0.25) is 0 Å². The van der Waals surface area contributed by atoms with Crippen molar-refractivity contribution >= 4 is 11.6 Å². The SMILES string of the molecule is CC(=O)Nc1ccc(OC[C@H](O)C[NH+]2CCOCC2)cc1. The van der Waals surface area contributed by atoms with Crippen LogP contribution in [0.25, 0.3) is 0 Å². The van der Waals surface area contributed by atoms with Crippen molar-refractivity contribution in [3.63, 3.8) is 0 Å². The summed E-state index contributed by atoms with van der Waals surface area (Å²) in [6.45, 7) is 5.79. The van der Waals surface area contributed by atoms with E-state index in [9.17, 15) is 9.90 Å². The van der Waals surface area contributed by atoms with Crippen molar-refractivity contribution in [1.29, 1.82) is 0 Å². The number of aliphatic hydroxyl groups excluding tert-OH is 1. The van der Waals surface area contributed by atoms with Gasteiger partial charge in [0.25, 0.3) is 0 Å². The lowest BCUT2D eigenvalue weighted by Crippen LogP contribution is -3.15. The first-order valence-electron chi connectivity index (χ1n) is 7.23. The van der Waals surface area contributed by atoms with Crippen LogP contribution in [0.5, 0.6) is 5.75 Å². The number of benzene rings is 1. The van der Waals surface area contributed by atoms with Crippen LogP contribution in [0, 0.1) is 0 Å². The average Bonchev–Trinajstić information content (AvgIpc) is 2.47. The summed E-state index contributed by atoms with van der Waals surface area (Å²) in [5.41, 5.74) is 0.730. The standard InChI is InChI=1S/C15H22N2O4/c1-12(18)16-13-2-4-15(5-3-13)21-11-14(19)10-17-6-8-20-9-7-17/h2-5,14,19H,6-11H2,1H3,(H,16,18)/p+1/t14-/m1/s1. The number of anilines is 1. The number of quaternary nitrogens is 1. The fourth-order valence-corrected chi connectivity index (χ4v) is 2.29. The summed E-state index contributed by atoms with van der Waals surface area (Å²) in [5, 5.41) is 12.7. The molecule has 6 heteroatoms. The second-order valence-electron chi connectivity index (χ2n) is 5.24. The van der Waals surface area contributed by atoms with Crippen molar-refractivity contribution < 1.29 is 24.3 Å². The molecule has 1 aromatic rings. The minimum Gasteiger partial charge on any atom is -0.491 e. The van der Waals surface area contributed by atoms with E-state index >= 15 is 0 Å². The number of ether oxygens (including phenoxy) is 2. The van der Waals surface area contributed by atoms with Crippen LogP contribution in [0.4, 0.5) is 5.69 Å². The molecule has 0 unspecified atom stereocenters. The molecule has 0 saturated carbocycles. The lowest BCUT2D eigenvalue weighted by Gasteiger charge is -2.25. The third-order valence-corrected chi connectivity index (χ3v) is 3.34. The molecule has 1 aliphatic heterocycles. The fraction of sp³-hybridized carbons (Fsp3) is 0.533. The summed E-state index contributed by atoms with van der Waals surface area (Å²) in [4.78, 5) is 12.3. The van der Waals surface area contributed by atoms with Gasteiger partial charge in [0.15, 0.2) is 0 Å². The molecule has 0 bridgehead atoms. The van der Waals surface area contributed by atoms with Gasteiger partial charge in [-0.25, -0.2) is 0 Å². The van der Waals surface area contributed by atoms with Crippen LogP contribution in [0.1, 0.15) is 6.92 Å². The molecule has 3 N–H and O–H groups in total. The molecule has 0 aromatic heterocycles. The predicted molar refractivity (Wildman–Crippen MR) is 78.6 cm³/mol. The normalized spacial score (nSPS) is 17.2. The van der Waals surface area contributed by atoms with Gasteiger partial charge in [-0.05, 0) is 24.3 Å². The molecular weight excluding hydrogens is 272 g/mol. The quantitative estimate of drug-likeness (QED) is 0.649. The number of carbonyl (C=O) groups excluding carboxylic acids is 1. The van der Waals surface area contributed by atoms with Crippen molar-refractivity contribution in [2.24, 2.45) is 0 Å². The third kappa shape index (κ3) is 5.71. The molecule has 1 aliphatic rings. The van der Waals surface area contributed by atoms with Crippen LogP contribution >= 0.6 is 0 Å². The number of amides is 1. The minimum absolute atomic E-state index is 0.104. The van der Waals surface area contributed by atoms with Crippen LogP contribution < -0.4 is 15.0 Å². The van der Waals surface area contributed by atoms with E-state index in [0.717, 1.165) is 32.0 Å². The molecule has 1 amide bonds. The maximum absolute atomic E-state index is 10.9. The van der Waals surface area contributed by atoms with Gasteiger partial charge in [0.1, 0.15) is 38.1 Å².